The van der Waals surface area contributed by atoms with Crippen molar-refractivity contribution in [2.24, 2.45) is 0 Å². The van der Waals surface area contributed by atoms with Gasteiger partial charge in [-0.15, -0.1) is 0 Å². The van der Waals surface area contributed by atoms with Gasteiger partial charge in [0, 0.05) is 0 Å². The van der Waals surface area contributed by atoms with Crippen molar-refractivity contribution in [3.05, 3.63) is 0 Å². The minimum absolute atomic E-state index is 0.880. The molecule has 4 heavy (non-hydrogen) atoms. The Balaban J connectivity index is 2.60. The summed E-state index contributed by atoms with van der Waals surface area (Å²) in [5, 5.41) is 0. The molecule has 1 aliphatic heterocycles. The molecule has 22 valence electrons. The zero-order valence-electron chi connectivity index (χ0n) is 2.02. The molecule has 0 bridgehead atoms. The minimum Gasteiger partial charge on any atom is -0.325 e. The van der Waals surface area contributed by atoms with Crippen LogP contribution in [0.4, 0.5) is 0 Å². The smallest absolute Gasteiger partial charge is 0.325 e. The van der Waals surface area contributed by atoms with Gasteiger partial charge in [-0.05, 0) is 6.17 Å². The second-order valence-electron chi connectivity index (χ2n) is 0.539. The van der Waals surface area contributed by atoms with Crippen LogP contribution in [0, 0.1) is 0 Å². The zero-order chi connectivity index (χ0) is 2.99. The highest BCUT2D eigenvalue weighted by molar-refractivity contribution is 6.53. The molecule has 0 spiro atoms. The van der Waals surface area contributed by atoms with Gasteiger partial charge in [0.1, 0.15) is 0 Å². The van der Waals surface area contributed by atoms with E-state index in [1.54, 1.807) is 0 Å². The summed E-state index contributed by atoms with van der Waals surface area (Å²) in [5.41, 5.74) is 0. The first-order chi connectivity index (χ1) is 1.89. The maximum atomic E-state index is 4.20. The molecule has 2 nitrogen and oxygen atoms in total. The van der Waals surface area contributed by atoms with Crippen LogP contribution in [0.5, 0.6) is 0 Å². The van der Waals surface area contributed by atoms with E-state index >= 15 is 0 Å². The lowest BCUT2D eigenvalue weighted by atomic mass is 12.0. The second-order valence-corrected chi connectivity index (χ2v) is 1.62. The van der Waals surface area contributed by atoms with Crippen LogP contribution < -0.4 is 0 Å². The fraction of sp³-hybridized carbons (Fsp3) is 0. The second kappa shape index (κ2) is 0.348. The van der Waals surface area contributed by atoms with Gasteiger partial charge in [-0.25, -0.2) is 0 Å². The van der Waals surface area contributed by atoms with Crippen molar-refractivity contribution in [2.45, 2.75) is 0 Å². The maximum absolute atomic E-state index is 4.20. The van der Waals surface area contributed by atoms with Gasteiger partial charge in [0.2, 0.25) is 0 Å². The summed E-state index contributed by atoms with van der Waals surface area (Å²) in [4.78, 5) is 0. The van der Waals surface area contributed by atoms with Crippen molar-refractivity contribution in [1.29, 1.82) is 0 Å². The third-order valence-electron chi connectivity index (χ3n) is 0.201. The van der Waals surface area contributed by atoms with Crippen LogP contribution in [0.25, 0.3) is 0 Å². The molecule has 1 rings (SSSR count). The maximum Gasteiger partial charge on any atom is 0.573 e. The molecule has 1 aliphatic rings. The van der Waals surface area contributed by atoms with Gasteiger partial charge < -0.3 is 9.15 Å². The molecule has 0 aromatic rings. The molecule has 0 amide bonds. The topological polar surface area (TPSA) is 25.1 Å². The normalized spacial score (nSPS) is 17.5. The van der Waals surface area contributed by atoms with Crippen molar-refractivity contribution >= 4 is 15.1 Å². The summed E-state index contributed by atoms with van der Waals surface area (Å²) in [5.74, 6) is 0. The predicted molar refractivity (Wildman–Crippen MR) is 15.0 cm³/mol. The monoisotopic (exact) mass is 74.0 g/mol. The quantitative estimate of drug-likeness (QED) is 0.219. The van der Waals surface area contributed by atoms with E-state index in [9.17, 15) is 0 Å². The average molecular weight is 74.1 g/mol. The molecule has 3 heteroatoms. The highest BCUT2D eigenvalue weighted by Crippen LogP contribution is 1.90. The number of hydrogen-bond donors (Lipinski definition) is 0. The van der Waals surface area contributed by atoms with Crippen LogP contribution in [0.15, 0.2) is 0 Å². The lowest BCUT2D eigenvalue weighted by Crippen LogP contribution is -1.57. The average Bonchev–Trinajstić information content (AvgIpc) is 1.75. The largest absolute Gasteiger partial charge is 0.573 e. The fourth-order valence-corrected chi connectivity index (χ4v) is 0.265. The number of hydrogen-bond acceptors (Lipinski definition) is 2. The van der Waals surface area contributed by atoms with Crippen molar-refractivity contribution < 1.29 is 9.15 Å². The van der Waals surface area contributed by atoms with E-state index in [-0.39, 0.29) is 0 Å². The van der Waals surface area contributed by atoms with E-state index in [1.807, 2.05) is 0 Å². The van der Waals surface area contributed by atoms with Crippen LogP contribution in [-0.2, 0) is 9.15 Å². The summed E-state index contributed by atoms with van der Waals surface area (Å²) < 4.78 is 8.40. The van der Waals surface area contributed by atoms with Crippen LogP contribution in [-0.4, -0.2) is 15.1 Å². The Morgan fingerprint density at radius 2 is 1.75 bits per heavy atom. The SMILES string of the molecule is C=[Si]1OO1. The lowest BCUT2D eigenvalue weighted by molar-refractivity contribution is 0.0850. The summed E-state index contributed by atoms with van der Waals surface area (Å²) in [6.45, 7) is 0. The van der Waals surface area contributed by atoms with Gasteiger partial charge in [0.15, 0.2) is 0 Å². The Kier molecular flexibility index (Phi) is 0.170. The van der Waals surface area contributed by atoms with Crippen molar-refractivity contribution in [2.75, 3.05) is 0 Å². The first-order valence-electron chi connectivity index (χ1n) is 0.928. The molecule has 0 N–H and O–H groups in total. The molecule has 0 atom stereocenters. The molecule has 0 unspecified atom stereocenters. The van der Waals surface area contributed by atoms with Gasteiger partial charge in [-0.2, -0.15) is 0 Å². The van der Waals surface area contributed by atoms with Crippen molar-refractivity contribution in [3.63, 3.8) is 0 Å². The summed E-state index contributed by atoms with van der Waals surface area (Å²) in [6, 6.07) is 0. The van der Waals surface area contributed by atoms with Gasteiger partial charge in [0.05, 0.1) is 0 Å². The Hall–Kier alpha value is -0.313. The Morgan fingerprint density at radius 1 is 1.50 bits per heavy atom. The standard InChI is InChI=1S/CH2O2Si/c1-4-2-3-4/h1H2. The first kappa shape index (κ1) is 1.96. The molecule has 0 radical (unpaired) electrons. The predicted octanol–water partition coefficient (Wildman–Crippen LogP) is -0.550. The molecule has 0 aromatic carbocycles. The van der Waals surface area contributed by atoms with Gasteiger partial charge in [-0.3, -0.25) is 0 Å². The molecule has 1 fully saturated rings. The summed E-state index contributed by atoms with van der Waals surface area (Å²) in [6.07, 6.45) is 3.41. The molecule has 1 heterocycles. The van der Waals surface area contributed by atoms with Gasteiger partial charge in [0.25, 0.3) is 0 Å². The van der Waals surface area contributed by atoms with E-state index in [0.29, 0.717) is 0 Å². The van der Waals surface area contributed by atoms with E-state index in [2.05, 4.69) is 15.3 Å². The van der Waals surface area contributed by atoms with E-state index in [4.69, 9.17) is 0 Å². The molecule has 0 aromatic heterocycles. The minimum atomic E-state index is -0.880. The first-order valence-corrected chi connectivity index (χ1v) is 2.45. The third kappa shape index (κ3) is 0.110. The third-order valence-corrected chi connectivity index (χ3v) is 0.604. The van der Waals surface area contributed by atoms with Crippen molar-refractivity contribution in [1.82, 2.24) is 0 Å². The van der Waals surface area contributed by atoms with Gasteiger partial charge >= 0.3 is 8.90 Å². The Labute approximate surface area is 25.4 Å². The van der Waals surface area contributed by atoms with Crippen LogP contribution >= 0.6 is 0 Å². The summed E-state index contributed by atoms with van der Waals surface area (Å²) >= 11 is 0. The van der Waals surface area contributed by atoms with E-state index < -0.39 is 8.90 Å². The van der Waals surface area contributed by atoms with Crippen LogP contribution in [0.2, 0.25) is 0 Å². The molecular weight excluding hydrogens is 72.1 g/mol. The molecular formula is CH2O2Si. The Morgan fingerprint density at radius 3 is 1.75 bits per heavy atom. The fourth-order valence-electron chi connectivity index (χ4n) is 0.0295. The zero-order valence-corrected chi connectivity index (χ0v) is 3.02. The highest BCUT2D eigenvalue weighted by atomic mass is 28.3. The molecule has 0 aliphatic carbocycles. The van der Waals surface area contributed by atoms with Crippen LogP contribution in [0.1, 0.15) is 0 Å². The lowest BCUT2D eigenvalue weighted by Gasteiger charge is -1.32. The van der Waals surface area contributed by atoms with Crippen molar-refractivity contribution in [3.8, 4) is 0 Å². The highest BCUT2D eigenvalue weighted by Gasteiger charge is 2.15. The molecule has 0 saturated carbocycles. The van der Waals surface area contributed by atoms with Crippen LogP contribution in [0.3, 0.4) is 0 Å². The summed E-state index contributed by atoms with van der Waals surface area (Å²) in [7, 11) is -0.880. The number of rotatable bonds is 0. The van der Waals surface area contributed by atoms with E-state index in [0.717, 1.165) is 0 Å². The molecule has 1 saturated heterocycles. The Bertz CT molecular complexity index is 44.0. The van der Waals surface area contributed by atoms with E-state index in [1.165, 1.54) is 0 Å². The van der Waals surface area contributed by atoms with Gasteiger partial charge in [-0.1, -0.05) is 0 Å².